The summed E-state index contributed by atoms with van der Waals surface area (Å²) in [5.74, 6) is -3.54. The minimum Gasteiger partial charge on any atom is -0.481 e. The van der Waals surface area contributed by atoms with Crippen molar-refractivity contribution in [2.45, 2.75) is 55.2 Å². The molecule has 4 rings (SSSR count). The van der Waals surface area contributed by atoms with E-state index in [1.54, 1.807) is 30.3 Å². The van der Waals surface area contributed by atoms with Crippen LogP contribution in [-0.4, -0.2) is 67.6 Å². The standard InChI is InChI=1S/C25H31ClN2O5S/c1-5-12-27(16-9-7-6-8-15(16)26)22(31)20-25-11-10-24(4,34-25)19(23(32)33)18(25)21(30)28(20)17(13-29)14(2)3/h5-9,14,17-20,29H,1,10-13H2,2-4H3,(H,32,33)/t17-,18-,19+,20?,24-,25?/m0/s1. The first-order valence-electron chi connectivity index (χ1n) is 11.6. The second-order valence-electron chi connectivity index (χ2n) is 9.99. The summed E-state index contributed by atoms with van der Waals surface area (Å²) in [5.41, 5.74) is 0.505. The Hall–Kier alpha value is -2.03. The number of halogens is 1. The molecule has 184 valence electrons. The summed E-state index contributed by atoms with van der Waals surface area (Å²) in [4.78, 5) is 43.7. The number of hydrogen-bond donors (Lipinski definition) is 2. The molecule has 0 aromatic heterocycles. The molecule has 3 aliphatic rings. The van der Waals surface area contributed by atoms with Gasteiger partial charge in [-0.25, -0.2) is 0 Å². The summed E-state index contributed by atoms with van der Waals surface area (Å²) >= 11 is 7.93. The summed E-state index contributed by atoms with van der Waals surface area (Å²) in [6, 6.07) is 5.46. The highest BCUT2D eigenvalue weighted by atomic mass is 35.5. The quantitative estimate of drug-likeness (QED) is 0.524. The Bertz CT molecular complexity index is 1030. The molecule has 3 saturated heterocycles. The first kappa shape index (κ1) is 25.1. The monoisotopic (exact) mass is 506 g/mol. The molecule has 0 aliphatic carbocycles. The number of para-hydroxylation sites is 1. The SMILES string of the molecule is C=CCN(C(=O)C1N([C@@H](CO)C(C)C)C(=O)[C@@H]2[C@H](C(=O)O)[C@]3(C)CCC12S3)c1ccccc1Cl. The van der Waals surface area contributed by atoms with Crippen LogP contribution in [-0.2, 0) is 14.4 Å². The maximum Gasteiger partial charge on any atom is 0.308 e. The van der Waals surface area contributed by atoms with E-state index in [2.05, 4.69) is 6.58 Å². The smallest absolute Gasteiger partial charge is 0.308 e. The van der Waals surface area contributed by atoms with E-state index in [1.165, 1.54) is 21.6 Å². The van der Waals surface area contributed by atoms with Crippen molar-refractivity contribution in [2.24, 2.45) is 17.8 Å². The Balaban J connectivity index is 1.89. The number of likely N-dealkylation sites (tertiary alicyclic amines) is 1. The number of benzene rings is 1. The maximum atomic E-state index is 14.4. The van der Waals surface area contributed by atoms with Crippen molar-refractivity contribution in [1.29, 1.82) is 0 Å². The van der Waals surface area contributed by atoms with Crippen LogP contribution >= 0.6 is 23.4 Å². The van der Waals surface area contributed by atoms with Crippen molar-refractivity contribution >= 4 is 46.8 Å². The van der Waals surface area contributed by atoms with Gasteiger partial charge in [0, 0.05) is 11.3 Å². The van der Waals surface area contributed by atoms with Gasteiger partial charge in [0.25, 0.3) is 5.91 Å². The lowest BCUT2D eigenvalue weighted by molar-refractivity contribution is -0.151. The van der Waals surface area contributed by atoms with Gasteiger partial charge in [-0.15, -0.1) is 18.3 Å². The van der Waals surface area contributed by atoms with Gasteiger partial charge in [0.15, 0.2) is 0 Å². The predicted octanol–water partition coefficient (Wildman–Crippen LogP) is 3.44. The van der Waals surface area contributed by atoms with E-state index in [-0.39, 0.29) is 30.9 Å². The second kappa shape index (κ2) is 8.88. The third kappa shape index (κ3) is 3.48. The van der Waals surface area contributed by atoms with Crippen LogP contribution in [0.2, 0.25) is 5.02 Å². The molecule has 2 amide bonds. The van der Waals surface area contributed by atoms with Gasteiger partial charge in [-0.1, -0.05) is 43.7 Å². The molecule has 1 aromatic carbocycles. The molecule has 0 saturated carbocycles. The Morgan fingerprint density at radius 2 is 2.03 bits per heavy atom. The number of carbonyl (C=O) groups is 3. The zero-order chi connectivity index (χ0) is 25.0. The Morgan fingerprint density at radius 1 is 1.35 bits per heavy atom. The first-order valence-corrected chi connectivity index (χ1v) is 12.8. The summed E-state index contributed by atoms with van der Waals surface area (Å²) in [6.07, 6.45) is 2.76. The van der Waals surface area contributed by atoms with Crippen LogP contribution in [0.1, 0.15) is 33.6 Å². The van der Waals surface area contributed by atoms with Crippen LogP contribution in [0.3, 0.4) is 0 Å². The van der Waals surface area contributed by atoms with Gasteiger partial charge in [0.1, 0.15) is 6.04 Å². The summed E-state index contributed by atoms with van der Waals surface area (Å²) in [7, 11) is 0. The van der Waals surface area contributed by atoms with Gasteiger partial charge in [0.2, 0.25) is 5.91 Å². The van der Waals surface area contributed by atoms with E-state index in [0.717, 1.165) is 0 Å². The van der Waals surface area contributed by atoms with Crippen molar-refractivity contribution in [3.63, 3.8) is 0 Å². The highest BCUT2D eigenvalue weighted by Crippen LogP contribution is 2.71. The molecule has 34 heavy (non-hydrogen) atoms. The number of aliphatic hydroxyl groups is 1. The molecule has 9 heteroatoms. The van der Waals surface area contributed by atoms with Crippen molar-refractivity contribution in [3.8, 4) is 0 Å². The molecule has 2 unspecified atom stereocenters. The fraction of sp³-hybridized carbons (Fsp3) is 0.560. The Kier molecular flexibility index (Phi) is 6.55. The number of carboxylic acids is 1. The highest BCUT2D eigenvalue weighted by Gasteiger charge is 2.78. The molecule has 1 aromatic rings. The normalized spacial score (nSPS) is 32.7. The van der Waals surface area contributed by atoms with E-state index < -0.39 is 39.4 Å². The largest absolute Gasteiger partial charge is 0.481 e. The summed E-state index contributed by atoms with van der Waals surface area (Å²) < 4.78 is -1.51. The number of fused-ring (bicyclic) bond motifs is 1. The third-order valence-corrected chi connectivity index (χ3v) is 10.1. The molecule has 3 aliphatic heterocycles. The number of thioether (sulfide) groups is 1. The minimum absolute atomic E-state index is 0.131. The molecule has 3 heterocycles. The topological polar surface area (TPSA) is 98.2 Å². The number of carbonyl (C=O) groups excluding carboxylic acids is 2. The average Bonchev–Trinajstić information content (AvgIpc) is 3.34. The first-order chi connectivity index (χ1) is 16.0. The number of carboxylic acid groups (broad SMARTS) is 1. The molecule has 6 atom stereocenters. The van der Waals surface area contributed by atoms with Gasteiger partial charge >= 0.3 is 5.97 Å². The molecule has 0 radical (unpaired) electrons. The zero-order valence-corrected chi connectivity index (χ0v) is 21.2. The fourth-order valence-corrected chi connectivity index (χ4v) is 8.82. The van der Waals surface area contributed by atoms with Crippen LogP contribution in [0.25, 0.3) is 0 Å². The lowest BCUT2D eigenvalue weighted by Gasteiger charge is -2.40. The lowest BCUT2D eigenvalue weighted by Crippen LogP contribution is -2.58. The van der Waals surface area contributed by atoms with E-state index in [1.807, 2.05) is 20.8 Å². The second-order valence-corrected chi connectivity index (χ2v) is 12.3. The molecule has 2 bridgehead atoms. The van der Waals surface area contributed by atoms with E-state index >= 15 is 0 Å². The molecular weight excluding hydrogens is 476 g/mol. The summed E-state index contributed by atoms with van der Waals surface area (Å²) in [5, 5.41) is 20.8. The van der Waals surface area contributed by atoms with E-state index in [9.17, 15) is 24.6 Å². The van der Waals surface area contributed by atoms with Crippen LogP contribution in [0, 0.1) is 17.8 Å². The number of amides is 2. The van der Waals surface area contributed by atoms with Crippen molar-refractivity contribution < 1.29 is 24.6 Å². The molecule has 1 spiro atoms. The summed E-state index contributed by atoms with van der Waals surface area (Å²) in [6.45, 7) is 9.32. The maximum absolute atomic E-state index is 14.4. The molecular formula is C25H31ClN2O5S. The average molecular weight is 507 g/mol. The van der Waals surface area contributed by atoms with Gasteiger partial charge in [-0.2, -0.15) is 0 Å². The highest BCUT2D eigenvalue weighted by molar-refractivity contribution is 8.02. The molecule has 3 fully saturated rings. The fourth-order valence-electron chi connectivity index (χ4n) is 6.25. The van der Waals surface area contributed by atoms with Crippen LogP contribution in [0.15, 0.2) is 36.9 Å². The zero-order valence-electron chi connectivity index (χ0n) is 19.6. The number of nitrogens with zero attached hydrogens (tertiary/aromatic N) is 2. The Morgan fingerprint density at radius 3 is 2.59 bits per heavy atom. The van der Waals surface area contributed by atoms with Crippen molar-refractivity contribution in [1.82, 2.24) is 4.90 Å². The van der Waals surface area contributed by atoms with E-state index in [0.29, 0.717) is 23.6 Å². The Labute approximate surface area is 209 Å². The van der Waals surface area contributed by atoms with Gasteiger partial charge < -0.3 is 20.0 Å². The van der Waals surface area contributed by atoms with Gasteiger partial charge in [-0.05, 0) is 37.8 Å². The number of aliphatic carboxylic acids is 1. The lowest BCUT2D eigenvalue weighted by atomic mass is 9.66. The van der Waals surface area contributed by atoms with Crippen molar-refractivity contribution in [3.05, 3.63) is 41.9 Å². The predicted molar refractivity (Wildman–Crippen MR) is 133 cm³/mol. The van der Waals surface area contributed by atoms with Crippen LogP contribution in [0.5, 0.6) is 0 Å². The number of anilines is 1. The number of hydrogen-bond acceptors (Lipinski definition) is 5. The number of rotatable bonds is 8. The van der Waals surface area contributed by atoms with Crippen molar-refractivity contribution in [2.75, 3.05) is 18.1 Å². The molecule has 2 N–H and O–H groups in total. The van der Waals surface area contributed by atoms with Gasteiger partial charge in [-0.3, -0.25) is 14.4 Å². The van der Waals surface area contributed by atoms with E-state index in [4.69, 9.17) is 11.6 Å². The minimum atomic E-state index is -1.01. The third-order valence-electron chi connectivity index (χ3n) is 7.75. The van der Waals surface area contributed by atoms with Crippen LogP contribution < -0.4 is 4.90 Å². The number of aliphatic hydroxyl groups excluding tert-OH is 1. The van der Waals surface area contributed by atoms with Crippen LogP contribution in [0.4, 0.5) is 5.69 Å². The molecule has 7 nitrogen and oxygen atoms in total. The van der Waals surface area contributed by atoms with Gasteiger partial charge in [0.05, 0.1) is 39.9 Å².